The van der Waals surface area contributed by atoms with Crippen LogP contribution < -0.4 is 0 Å². The highest BCUT2D eigenvalue weighted by Crippen LogP contribution is 2.26. The van der Waals surface area contributed by atoms with Gasteiger partial charge in [-0.1, -0.05) is 60.7 Å². The number of aliphatic carboxylic acids is 1. The van der Waals surface area contributed by atoms with Gasteiger partial charge in [0.15, 0.2) is 0 Å². The minimum Gasteiger partial charge on any atom is -0.480 e. The van der Waals surface area contributed by atoms with Crippen molar-refractivity contribution in [1.29, 1.82) is 0 Å². The van der Waals surface area contributed by atoms with Gasteiger partial charge in [-0.25, -0.2) is 0 Å². The molecule has 0 fully saturated rings. The first kappa shape index (κ1) is 25.5. The minimum absolute atomic E-state index is 0.234. The monoisotopic (exact) mass is 443 g/mol. The molecule has 7 nitrogen and oxygen atoms in total. The average molecular weight is 444 g/mol. The first-order chi connectivity index (χ1) is 15.1. The van der Waals surface area contributed by atoms with Gasteiger partial charge in [-0.3, -0.25) is 14.5 Å². The van der Waals surface area contributed by atoms with E-state index in [4.69, 9.17) is 4.74 Å². The normalized spacial score (nSPS) is 14.6. The van der Waals surface area contributed by atoms with E-state index in [0.29, 0.717) is 0 Å². The van der Waals surface area contributed by atoms with Crippen LogP contribution in [0.5, 0.6) is 0 Å². The zero-order valence-corrected chi connectivity index (χ0v) is 18.8. The van der Waals surface area contributed by atoms with Crippen LogP contribution in [0.25, 0.3) is 0 Å². The van der Waals surface area contributed by atoms with Crippen molar-refractivity contribution in [3.8, 4) is 0 Å². The predicted molar refractivity (Wildman–Crippen MR) is 121 cm³/mol. The van der Waals surface area contributed by atoms with E-state index in [-0.39, 0.29) is 19.5 Å². The molecular formula is C25H33NO6. The lowest BCUT2D eigenvalue weighted by atomic mass is 9.91. The number of esters is 1. The van der Waals surface area contributed by atoms with Gasteiger partial charge in [-0.15, -0.1) is 0 Å². The van der Waals surface area contributed by atoms with Crippen molar-refractivity contribution in [3.05, 3.63) is 71.8 Å². The van der Waals surface area contributed by atoms with E-state index in [2.05, 4.69) is 0 Å². The summed E-state index contributed by atoms with van der Waals surface area (Å²) >= 11 is 0. The van der Waals surface area contributed by atoms with E-state index < -0.39 is 42.2 Å². The van der Waals surface area contributed by atoms with Crippen molar-refractivity contribution >= 4 is 11.9 Å². The Kier molecular flexibility index (Phi) is 9.38. The van der Waals surface area contributed by atoms with Crippen LogP contribution in [0.1, 0.15) is 38.3 Å². The van der Waals surface area contributed by atoms with E-state index in [1.807, 2.05) is 60.7 Å². The topological polar surface area (TPSA) is 107 Å². The van der Waals surface area contributed by atoms with E-state index in [1.54, 1.807) is 25.7 Å². The van der Waals surface area contributed by atoms with Crippen LogP contribution in [0.4, 0.5) is 0 Å². The van der Waals surface area contributed by atoms with Crippen LogP contribution in [-0.4, -0.2) is 56.5 Å². The van der Waals surface area contributed by atoms with E-state index >= 15 is 0 Å². The number of aliphatic hydroxyl groups excluding tert-OH is 2. The van der Waals surface area contributed by atoms with Crippen molar-refractivity contribution in [2.24, 2.45) is 5.92 Å². The lowest BCUT2D eigenvalue weighted by molar-refractivity contribution is -0.170. The first-order valence-corrected chi connectivity index (χ1v) is 10.7. The van der Waals surface area contributed by atoms with Crippen LogP contribution in [0.15, 0.2) is 60.7 Å². The number of carbonyl (C=O) groups is 2. The van der Waals surface area contributed by atoms with Crippen LogP contribution in [0, 0.1) is 5.92 Å². The van der Waals surface area contributed by atoms with Crippen molar-refractivity contribution in [1.82, 2.24) is 4.90 Å². The van der Waals surface area contributed by atoms with Crippen LogP contribution in [0.2, 0.25) is 0 Å². The Hall–Kier alpha value is -2.74. The molecular weight excluding hydrogens is 410 g/mol. The molecule has 7 heteroatoms. The highest BCUT2D eigenvalue weighted by Gasteiger charge is 2.41. The van der Waals surface area contributed by atoms with Gasteiger partial charge in [0.2, 0.25) is 0 Å². The SMILES string of the molecule is CC(C)(C)OC(=O)[C@@H](CC(O)CO)[C@@H](C(=O)O)N(Cc1ccccc1)Cc1ccccc1. The van der Waals surface area contributed by atoms with Crippen molar-refractivity contribution < 1.29 is 29.6 Å². The highest BCUT2D eigenvalue weighted by atomic mass is 16.6. The van der Waals surface area contributed by atoms with Crippen LogP contribution >= 0.6 is 0 Å². The Labute approximate surface area is 189 Å². The fourth-order valence-corrected chi connectivity index (χ4v) is 3.57. The number of nitrogens with zero attached hydrogens (tertiary/aromatic N) is 1. The van der Waals surface area contributed by atoms with Crippen LogP contribution in [-0.2, 0) is 27.4 Å². The number of carboxylic acids is 1. The quantitative estimate of drug-likeness (QED) is 0.459. The Balaban J connectivity index is 2.46. The average Bonchev–Trinajstić information content (AvgIpc) is 2.73. The molecule has 2 rings (SSSR count). The number of benzene rings is 2. The second-order valence-corrected chi connectivity index (χ2v) is 8.87. The minimum atomic E-state index is -1.27. The summed E-state index contributed by atoms with van der Waals surface area (Å²) in [6, 6.07) is 17.5. The second-order valence-electron chi connectivity index (χ2n) is 8.87. The van der Waals surface area contributed by atoms with Gasteiger partial charge in [0.1, 0.15) is 11.6 Å². The van der Waals surface area contributed by atoms with Gasteiger partial charge in [-0.05, 0) is 38.3 Å². The van der Waals surface area contributed by atoms with Crippen molar-refractivity contribution in [2.45, 2.75) is 58.0 Å². The summed E-state index contributed by atoms with van der Waals surface area (Å²) in [6.45, 7) is 5.08. The molecule has 0 aliphatic heterocycles. The molecule has 0 amide bonds. The van der Waals surface area contributed by atoms with Gasteiger partial charge in [0.05, 0.1) is 18.6 Å². The molecule has 2 aromatic rings. The molecule has 0 radical (unpaired) electrons. The van der Waals surface area contributed by atoms with Gasteiger partial charge in [-0.2, -0.15) is 0 Å². The van der Waals surface area contributed by atoms with Gasteiger partial charge >= 0.3 is 11.9 Å². The fraction of sp³-hybridized carbons (Fsp3) is 0.440. The van der Waals surface area contributed by atoms with Crippen molar-refractivity contribution in [2.75, 3.05) is 6.61 Å². The second kappa shape index (κ2) is 11.8. The molecule has 0 saturated heterocycles. The Morgan fingerprint density at radius 2 is 1.41 bits per heavy atom. The van der Waals surface area contributed by atoms with Gasteiger partial charge in [0, 0.05) is 13.1 Å². The number of ether oxygens (including phenoxy) is 1. The third-order valence-corrected chi connectivity index (χ3v) is 4.93. The molecule has 0 heterocycles. The smallest absolute Gasteiger partial charge is 0.321 e. The Bertz CT molecular complexity index is 808. The number of hydrogen-bond donors (Lipinski definition) is 3. The molecule has 1 unspecified atom stereocenters. The Morgan fingerprint density at radius 1 is 0.938 bits per heavy atom. The van der Waals surface area contributed by atoms with E-state index in [9.17, 15) is 24.9 Å². The lowest BCUT2D eigenvalue weighted by Crippen LogP contribution is -2.50. The highest BCUT2D eigenvalue weighted by molar-refractivity contribution is 5.84. The number of carboxylic acid groups (broad SMARTS) is 1. The summed E-state index contributed by atoms with van der Waals surface area (Å²) in [5.74, 6) is -3.09. The van der Waals surface area contributed by atoms with E-state index in [0.717, 1.165) is 11.1 Å². The number of carbonyl (C=O) groups excluding carboxylic acids is 1. The molecule has 32 heavy (non-hydrogen) atoms. The summed E-state index contributed by atoms with van der Waals surface area (Å²) in [4.78, 5) is 27.3. The third kappa shape index (κ3) is 8.07. The molecule has 0 bridgehead atoms. The molecule has 0 saturated carbocycles. The number of hydrogen-bond acceptors (Lipinski definition) is 6. The largest absolute Gasteiger partial charge is 0.480 e. The lowest BCUT2D eigenvalue weighted by Gasteiger charge is -2.35. The molecule has 0 aliphatic carbocycles. The number of aliphatic hydroxyl groups is 2. The zero-order valence-electron chi connectivity index (χ0n) is 18.8. The van der Waals surface area contributed by atoms with Gasteiger partial charge < -0.3 is 20.1 Å². The fourth-order valence-electron chi connectivity index (χ4n) is 3.57. The van der Waals surface area contributed by atoms with Crippen molar-refractivity contribution in [3.63, 3.8) is 0 Å². The zero-order chi connectivity index (χ0) is 23.7. The third-order valence-electron chi connectivity index (χ3n) is 4.93. The maximum atomic E-state index is 13.1. The molecule has 0 aromatic heterocycles. The van der Waals surface area contributed by atoms with Gasteiger partial charge in [0.25, 0.3) is 0 Å². The summed E-state index contributed by atoms with van der Waals surface area (Å²) < 4.78 is 5.51. The molecule has 3 atom stereocenters. The summed E-state index contributed by atoms with van der Waals surface area (Å²) in [5.41, 5.74) is 0.951. The standard InChI is InChI=1S/C25H33NO6/c1-25(2,3)32-24(31)21(14-20(28)17-27)22(23(29)30)26(15-18-10-6-4-7-11-18)16-19-12-8-5-9-13-19/h4-13,20-22,27-28H,14-17H2,1-3H3,(H,29,30)/t20?,21-,22-/m0/s1. The molecule has 3 N–H and O–H groups in total. The summed E-state index contributed by atoms with van der Waals surface area (Å²) in [6.07, 6.45) is -1.48. The molecule has 174 valence electrons. The Morgan fingerprint density at radius 3 is 1.78 bits per heavy atom. The predicted octanol–water partition coefficient (Wildman–Crippen LogP) is 2.84. The van der Waals surface area contributed by atoms with E-state index in [1.165, 1.54) is 0 Å². The first-order valence-electron chi connectivity index (χ1n) is 10.7. The van der Waals surface area contributed by atoms with Crippen LogP contribution in [0.3, 0.4) is 0 Å². The molecule has 2 aromatic carbocycles. The maximum absolute atomic E-state index is 13.1. The summed E-state index contributed by atoms with van der Waals surface area (Å²) in [5, 5.41) is 29.7. The maximum Gasteiger partial charge on any atom is 0.321 e. The molecule has 0 aliphatic rings. The molecule has 0 spiro atoms. The number of rotatable bonds is 11. The summed E-state index contributed by atoms with van der Waals surface area (Å²) in [7, 11) is 0.